The quantitative estimate of drug-likeness (QED) is 0.229. The summed E-state index contributed by atoms with van der Waals surface area (Å²) in [5.74, 6) is -3.25. The summed E-state index contributed by atoms with van der Waals surface area (Å²) < 4.78 is 12.8. The van der Waals surface area contributed by atoms with Gasteiger partial charge in [0.1, 0.15) is 4.33 Å². The molecule has 2 atom stereocenters. The standard InChI is InChI=1S/C23H15Cl5FN3O2/c24-11-6-10(7-12(25)8-11)18-19(23(18,27)28)22(34)31-13-4-5-15(26)14(9-13)21(33)32-17-3-1-2-16(30)20(17)29/h1-9,18-19H,30H2,(H,31,34)(H,32,33)/t18-,19+/m0/s1. The van der Waals surface area contributed by atoms with E-state index < -0.39 is 33.8 Å². The van der Waals surface area contributed by atoms with Crippen LogP contribution in [0.4, 0.5) is 21.5 Å². The molecule has 0 spiro atoms. The number of alkyl halides is 2. The van der Waals surface area contributed by atoms with Gasteiger partial charge in [-0.3, -0.25) is 9.59 Å². The van der Waals surface area contributed by atoms with Gasteiger partial charge in [0.15, 0.2) is 5.82 Å². The van der Waals surface area contributed by atoms with Crippen LogP contribution in [0.5, 0.6) is 0 Å². The van der Waals surface area contributed by atoms with E-state index in [0.717, 1.165) is 0 Å². The monoisotopic (exact) mass is 559 g/mol. The number of carbonyl (C=O) groups is 2. The van der Waals surface area contributed by atoms with Gasteiger partial charge >= 0.3 is 0 Å². The van der Waals surface area contributed by atoms with Crippen molar-refractivity contribution in [3.8, 4) is 0 Å². The smallest absolute Gasteiger partial charge is 0.257 e. The van der Waals surface area contributed by atoms with Gasteiger partial charge in [0.05, 0.1) is 27.9 Å². The summed E-state index contributed by atoms with van der Waals surface area (Å²) in [5, 5.41) is 5.99. The largest absolute Gasteiger partial charge is 0.396 e. The minimum absolute atomic E-state index is 0.0123. The lowest BCUT2D eigenvalue weighted by atomic mass is 10.1. The fourth-order valence-electron chi connectivity index (χ4n) is 3.66. The highest BCUT2D eigenvalue weighted by Crippen LogP contribution is 2.65. The predicted molar refractivity (Wildman–Crippen MR) is 136 cm³/mol. The Bertz CT molecular complexity index is 1300. The first-order valence-electron chi connectivity index (χ1n) is 9.78. The molecule has 0 saturated heterocycles. The van der Waals surface area contributed by atoms with Crippen LogP contribution in [0.1, 0.15) is 21.8 Å². The summed E-state index contributed by atoms with van der Waals surface area (Å²) in [6.45, 7) is 0. The van der Waals surface area contributed by atoms with Crippen LogP contribution in [-0.4, -0.2) is 16.1 Å². The summed E-state index contributed by atoms with van der Waals surface area (Å²) in [6, 6.07) is 13.4. The first-order valence-corrected chi connectivity index (χ1v) is 11.7. The van der Waals surface area contributed by atoms with E-state index >= 15 is 0 Å². The number of benzene rings is 3. The van der Waals surface area contributed by atoms with Crippen molar-refractivity contribution in [2.75, 3.05) is 16.4 Å². The van der Waals surface area contributed by atoms with Crippen molar-refractivity contribution in [2.24, 2.45) is 5.92 Å². The maximum Gasteiger partial charge on any atom is 0.257 e. The molecule has 1 fully saturated rings. The molecule has 4 N–H and O–H groups in total. The third kappa shape index (κ3) is 4.92. The van der Waals surface area contributed by atoms with Gasteiger partial charge in [-0.2, -0.15) is 0 Å². The Hall–Kier alpha value is -2.22. The first kappa shape index (κ1) is 24.9. The molecule has 0 aromatic heterocycles. The van der Waals surface area contributed by atoms with Crippen LogP contribution in [0.2, 0.25) is 15.1 Å². The van der Waals surface area contributed by atoms with Crippen molar-refractivity contribution in [3.63, 3.8) is 0 Å². The molecule has 5 nitrogen and oxygen atoms in total. The molecule has 4 rings (SSSR count). The van der Waals surface area contributed by atoms with Crippen molar-refractivity contribution >= 4 is 86.9 Å². The lowest BCUT2D eigenvalue weighted by molar-refractivity contribution is -0.117. The van der Waals surface area contributed by atoms with E-state index in [1.807, 2.05) is 0 Å². The minimum Gasteiger partial charge on any atom is -0.396 e. The maximum absolute atomic E-state index is 14.2. The van der Waals surface area contributed by atoms with Gasteiger partial charge in [-0.25, -0.2) is 4.39 Å². The Morgan fingerprint density at radius 1 is 0.941 bits per heavy atom. The highest BCUT2D eigenvalue weighted by molar-refractivity contribution is 6.53. The topological polar surface area (TPSA) is 84.2 Å². The van der Waals surface area contributed by atoms with E-state index in [2.05, 4.69) is 10.6 Å². The van der Waals surface area contributed by atoms with Gasteiger partial charge in [-0.05, 0) is 54.1 Å². The molecule has 0 aliphatic heterocycles. The predicted octanol–water partition coefficient (Wildman–Crippen LogP) is 7.15. The van der Waals surface area contributed by atoms with E-state index in [-0.39, 0.29) is 27.6 Å². The van der Waals surface area contributed by atoms with E-state index in [4.69, 9.17) is 63.7 Å². The van der Waals surface area contributed by atoms with Crippen LogP contribution in [0, 0.1) is 11.7 Å². The van der Waals surface area contributed by atoms with Crippen LogP contribution in [0.15, 0.2) is 54.6 Å². The summed E-state index contributed by atoms with van der Waals surface area (Å²) in [6.07, 6.45) is 0. The van der Waals surface area contributed by atoms with E-state index in [1.54, 1.807) is 18.2 Å². The number of rotatable bonds is 5. The second kappa shape index (κ2) is 9.44. The number of nitrogens with two attached hydrogens (primary N) is 1. The van der Waals surface area contributed by atoms with Crippen molar-refractivity contribution < 1.29 is 14.0 Å². The van der Waals surface area contributed by atoms with E-state index in [9.17, 15) is 14.0 Å². The number of anilines is 3. The number of nitrogen functional groups attached to an aromatic ring is 1. The second-order valence-electron chi connectivity index (χ2n) is 7.68. The Labute approximate surface area is 219 Å². The van der Waals surface area contributed by atoms with Gasteiger partial charge in [-0.1, -0.05) is 40.9 Å². The van der Waals surface area contributed by atoms with Crippen LogP contribution < -0.4 is 16.4 Å². The summed E-state index contributed by atoms with van der Waals surface area (Å²) in [4.78, 5) is 25.6. The second-order valence-corrected chi connectivity index (χ2v) is 10.4. The highest BCUT2D eigenvalue weighted by atomic mass is 35.5. The molecule has 0 unspecified atom stereocenters. The highest BCUT2D eigenvalue weighted by Gasteiger charge is 2.67. The van der Waals surface area contributed by atoms with Crippen molar-refractivity contribution in [1.29, 1.82) is 0 Å². The molecule has 3 aromatic rings. The fourth-order valence-corrected chi connectivity index (χ4v) is 5.23. The molecule has 34 heavy (non-hydrogen) atoms. The van der Waals surface area contributed by atoms with E-state index in [0.29, 0.717) is 15.6 Å². The Balaban J connectivity index is 1.52. The molecule has 11 heteroatoms. The molecule has 2 amide bonds. The zero-order chi connectivity index (χ0) is 24.8. The summed E-state index contributed by atoms with van der Waals surface area (Å²) in [5.41, 5.74) is 6.22. The van der Waals surface area contributed by atoms with Gasteiger partial charge in [0.25, 0.3) is 5.91 Å². The average Bonchev–Trinajstić information content (AvgIpc) is 3.34. The number of hydrogen-bond acceptors (Lipinski definition) is 3. The molecule has 1 saturated carbocycles. The molecular weight excluding hydrogens is 547 g/mol. The third-order valence-corrected chi connectivity index (χ3v) is 7.04. The maximum atomic E-state index is 14.2. The van der Waals surface area contributed by atoms with Crippen LogP contribution in [-0.2, 0) is 4.79 Å². The van der Waals surface area contributed by atoms with Crippen molar-refractivity contribution in [1.82, 2.24) is 0 Å². The third-order valence-electron chi connectivity index (χ3n) is 5.34. The zero-order valence-corrected chi connectivity index (χ0v) is 20.8. The van der Waals surface area contributed by atoms with Gasteiger partial charge in [0, 0.05) is 21.7 Å². The molecular formula is C23H15Cl5FN3O2. The Morgan fingerprint density at radius 3 is 2.29 bits per heavy atom. The number of amides is 2. The number of nitrogens with one attached hydrogen (secondary N) is 2. The number of hydrogen-bond donors (Lipinski definition) is 3. The molecule has 3 aromatic carbocycles. The van der Waals surface area contributed by atoms with Crippen molar-refractivity contribution in [3.05, 3.63) is 86.6 Å². The molecule has 176 valence electrons. The first-order chi connectivity index (χ1) is 16.0. The lowest BCUT2D eigenvalue weighted by Crippen LogP contribution is -2.18. The van der Waals surface area contributed by atoms with Crippen LogP contribution in [0.3, 0.4) is 0 Å². The Morgan fingerprint density at radius 2 is 1.62 bits per heavy atom. The lowest BCUT2D eigenvalue weighted by Gasteiger charge is -2.11. The normalized spacial score (nSPS) is 18.3. The van der Waals surface area contributed by atoms with Gasteiger partial charge in [0.2, 0.25) is 5.91 Å². The summed E-state index contributed by atoms with van der Waals surface area (Å²) >= 11 is 31.0. The van der Waals surface area contributed by atoms with Crippen LogP contribution >= 0.6 is 58.0 Å². The van der Waals surface area contributed by atoms with Crippen LogP contribution in [0.25, 0.3) is 0 Å². The molecule has 0 bridgehead atoms. The fraction of sp³-hybridized carbons (Fsp3) is 0.130. The SMILES string of the molecule is Nc1cccc(NC(=O)c2cc(NC(=O)[C@H]3[C@H](c4cc(Cl)cc(Cl)c4)C3(Cl)Cl)ccc2Cl)c1F. The molecule has 0 radical (unpaired) electrons. The average molecular weight is 562 g/mol. The van der Waals surface area contributed by atoms with E-state index in [1.165, 1.54) is 36.4 Å². The molecule has 0 heterocycles. The van der Waals surface area contributed by atoms with Gasteiger partial charge in [-0.15, -0.1) is 23.2 Å². The Kier molecular flexibility index (Phi) is 6.91. The zero-order valence-electron chi connectivity index (χ0n) is 17.0. The molecule has 1 aliphatic carbocycles. The van der Waals surface area contributed by atoms with Gasteiger partial charge < -0.3 is 16.4 Å². The number of carbonyl (C=O) groups excluding carboxylic acids is 2. The summed E-state index contributed by atoms with van der Waals surface area (Å²) in [7, 11) is 0. The minimum atomic E-state index is -1.37. The number of halogens is 6. The van der Waals surface area contributed by atoms with Crippen molar-refractivity contribution in [2.45, 2.75) is 10.3 Å². The molecule has 1 aliphatic rings.